The van der Waals surface area contributed by atoms with Gasteiger partial charge < -0.3 is 5.32 Å². The van der Waals surface area contributed by atoms with E-state index in [4.69, 9.17) is 11.6 Å². The summed E-state index contributed by atoms with van der Waals surface area (Å²) in [6.07, 6.45) is 0.128. The van der Waals surface area contributed by atoms with Crippen LogP contribution in [0.4, 0.5) is 13.2 Å². The number of carbonyl (C=O) groups is 1. The molecule has 1 heterocycles. The number of carbonyl (C=O) groups excluding carboxylic acids is 1. The number of pyridine rings is 1. The Bertz CT molecular complexity index is 994. The first-order valence-corrected chi connectivity index (χ1v) is 8.90. The van der Waals surface area contributed by atoms with E-state index in [9.17, 15) is 18.0 Å². The van der Waals surface area contributed by atoms with Crippen molar-refractivity contribution in [3.05, 3.63) is 64.5 Å². The average Bonchev–Trinajstić information content (AvgIpc) is 3.48. The van der Waals surface area contributed by atoms with Crippen LogP contribution in [-0.4, -0.2) is 24.2 Å². The SMILES string of the molecule is C=C/C=C(/CNC(=O)c1cc(Cl)c2cc(C3CC3)cc(C(F)(F)F)c2n1)N=C. The summed E-state index contributed by atoms with van der Waals surface area (Å²) in [5.74, 6) is -0.548. The number of nitrogens with zero attached hydrogens (tertiary/aromatic N) is 2. The predicted molar refractivity (Wildman–Crippen MR) is 104 cm³/mol. The van der Waals surface area contributed by atoms with E-state index in [1.54, 1.807) is 12.1 Å². The topological polar surface area (TPSA) is 54.4 Å². The molecule has 4 nitrogen and oxygen atoms in total. The number of benzene rings is 1. The molecule has 1 aromatic carbocycles. The molecule has 0 atom stereocenters. The number of allylic oxidation sites excluding steroid dienone is 2. The Morgan fingerprint density at radius 1 is 1.36 bits per heavy atom. The molecule has 0 spiro atoms. The van der Waals surface area contributed by atoms with Crippen LogP contribution < -0.4 is 5.32 Å². The second kappa shape index (κ2) is 7.75. The Morgan fingerprint density at radius 3 is 2.64 bits per heavy atom. The minimum absolute atomic E-state index is 0.0262. The molecule has 1 N–H and O–H groups in total. The van der Waals surface area contributed by atoms with Crippen LogP contribution in [0, 0.1) is 0 Å². The summed E-state index contributed by atoms with van der Waals surface area (Å²) in [5.41, 5.74) is -0.386. The highest BCUT2D eigenvalue weighted by atomic mass is 35.5. The van der Waals surface area contributed by atoms with Crippen LogP contribution in [0.25, 0.3) is 10.9 Å². The fourth-order valence-corrected chi connectivity index (χ4v) is 3.11. The number of rotatable bonds is 6. The number of amides is 1. The third-order valence-electron chi connectivity index (χ3n) is 4.42. The molecule has 28 heavy (non-hydrogen) atoms. The first-order valence-electron chi connectivity index (χ1n) is 8.52. The largest absolute Gasteiger partial charge is 0.418 e. The number of hydrogen-bond donors (Lipinski definition) is 1. The fourth-order valence-electron chi connectivity index (χ4n) is 2.86. The van der Waals surface area contributed by atoms with Crippen LogP contribution >= 0.6 is 11.6 Å². The van der Waals surface area contributed by atoms with E-state index in [1.807, 2.05) is 0 Å². The van der Waals surface area contributed by atoms with E-state index in [0.717, 1.165) is 18.9 Å². The molecule has 0 unspecified atom stereocenters. The lowest BCUT2D eigenvalue weighted by molar-refractivity contribution is -0.136. The number of alkyl halides is 3. The van der Waals surface area contributed by atoms with Crippen molar-refractivity contribution in [1.82, 2.24) is 10.3 Å². The van der Waals surface area contributed by atoms with Gasteiger partial charge in [0.2, 0.25) is 0 Å². The lowest BCUT2D eigenvalue weighted by Crippen LogP contribution is -2.26. The predicted octanol–water partition coefficient (Wildman–Crippen LogP) is 5.28. The Labute approximate surface area is 164 Å². The number of aromatic nitrogens is 1. The van der Waals surface area contributed by atoms with Crippen molar-refractivity contribution in [2.24, 2.45) is 4.99 Å². The molecule has 0 bridgehead atoms. The summed E-state index contributed by atoms with van der Waals surface area (Å²) in [5, 5.41) is 2.77. The quantitative estimate of drug-likeness (QED) is 0.523. The van der Waals surface area contributed by atoms with Gasteiger partial charge in [0.1, 0.15) is 5.69 Å². The van der Waals surface area contributed by atoms with Crippen molar-refractivity contribution in [2.45, 2.75) is 24.9 Å². The van der Waals surface area contributed by atoms with Gasteiger partial charge in [-0.05, 0) is 55.3 Å². The van der Waals surface area contributed by atoms with Gasteiger partial charge in [-0.15, -0.1) is 0 Å². The molecule has 1 saturated carbocycles. The maximum atomic E-state index is 13.6. The van der Waals surface area contributed by atoms with Crippen LogP contribution in [0.1, 0.15) is 40.4 Å². The number of fused-ring (bicyclic) bond motifs is 1. The van der Waals surface area contributed by atoms with Gasteiger partial charge >= 0.3 is 6.18 Å². The van der Waals surface area contributed by atoms with E-state index < -0.39 is 17.6 Å². The Morgan fingerprint density at radius 2 is 2.07 bits per heavy atom. The van der Waals surface area contributed by atoms with Crippen LogP contribution in [0.3, 0.4) is 0 Å². The minimum Gasteiger partial charge on any atom is -0.345 e. The smallest absolute Gasteiger partial charge is 0.345 e. The monoisotopic (exact) mass is 407 g/mol. The number of hydrogen-bond acceptors (Lipinski definition) is 3. The summed E-state index contributed by atoms with van der Waals surface area (Å²) in [6, 6.07) is 4.01. The van der Waals surface area contributed by atoms with Gasteiger partial charge in [-0.1, -0.05) is 24.3 Å². The molecule has 2 aromatic rings. The molecule has 0 saturated heterocycles. The molecular formula is C20H17ClF3N3O. The Balaban J connectivity index is 2.02. The molecule has 146 valence electrons. The van der Waals surface area contributed by atoms with Crippen molar-refractivity contribution < 1.29 is 18.0 Å². The normalized spacial score (nSPS) is 14.8. The molecule has 1 amide bonds. The summed E-state index contributed by atoms with van der Waals surface area (Å²) in [7, 11) is 0. The van der Waals surface area contributed by atoms with Crippen molar-refractivity contribution in [3.8, 4) is 0 Å². The average molecular weight is 408 g/mol. The molecule has 8 heteroatoms. The molecule has 0 aliphatic heterocycles. The first kappa shape index (κ1) is 20.1. The molecular weight excluding hydrogens is 391 g/mol. The highest BCUT2D eigenvalue weighted by molar-refractivity contribution is 6.35. The van der Waals surface area contributed by atoms with Crippen molar-refractivity contribution >= 4 is 35.1 Å². The maximum Gasteiger partial charge on any atom is 0.418 e. The first-order chi connectivity index (χ1) is 13.2. The number of aliphatic imine (C=N–C) groups is 1. The van der Waals surface area contributed by atoms with Crippen LogP contribution in [0.15, 0.2) is 47.6 Å². The Kier molecular flexibility index (Phi) is 5.56. The molecule has 1 fully saturated rings. The standard InChI is InChI=1S/C20H17ClF3N3O/c1-3-4-13(25-2)10-26-19(28)17-9-16(21)14-7-12(11-5-6-11)8-15(18(14)27-17)20(22,23)24/h3-4,7-9,11H,1-2,5-6,10H2,(H,26,28)/b13-4-. The van der Waals surface area contributed by atoms with Gasteiger partial charge in [-0.2, -0.15) is 13.2 Å². The molecule has 1 aromatic heterocycles. The molecule has 3 rings (SSSR count). The van der Waals surface area contributed by atoms with E-state index >= 15 is 0 Å². The van der Waals surface area contributed by atoms with E-state index in [0.29, 0.717) is 11.3 Å². The highest BCUT2D eigenvalue weighted by Gasteiger charge is 2.36. The lowest BCUT2D eigenvalue weighted by atomic mass is 10.0. The van der Waals surface area contributed by atoms with Gasteiger partial charge in [0.15, 0.2) is 0 Å². The fraction of sp³-hybridized carbons (Fsp3) is 0.250. The van der Waals surface area contributed by atoms with Gasteiger partial charge in [-0.3, -0.25) is 9.79 Å². The van der Waals surface area contributed by atoms with Gasteiger partial charge in [0, 0.05) is 5.39 Å². The summed E-state index contributed by atoms with van der Waals surface area (Å²) >= 11 is 6.22. The number of nitrogens with one attached hydrogen (secondary N) is 1. The van der Waals surface area contributed by atoms with Crippen molar-refractivity contribution in [3.63, 3.8) is 0 Å². The zero-order valence-electron chi connectivity index (χ0n) is 14.8. The highest BCUT2D eigenvalue weighted by Crippen LogP contribution is 2.45. The Hall–Kier alpha value is -2.67. The van der Waals surface area contributed by atoms with Crippen molar-refractivity contribution in [1.29, 1.82) is 0 Å². The zero-order chi connectivity index (χ0) is 20.5. The molecule has 0 radical (unpaired) electrons. The molecule has 1 aliphatic carbocycles. The number of halogens is 4. The van der Waals surface area contributed by atoms with E-state index in [-0.39, 0.29) is 34.1 Å². The van der Waals surface area contributed by atoms with Crippen LogP contribution in [0.2, 0.25) is 5.02 Å². The second-order valence-corrected chi connectivity index (χ2v) is 6.87. The van der Waals surface area contributed by atoms with Crippen molar-refractivity contribution in [2.75, 3.05) is 6.54 Å². The van der Waals surface area contributed by atoms with E-state index in [2.05, 4.69) is 28.6 Å². The van der Waals surface area contributed by atoms with Crippen LogP contribution in [0.5, 0.6) is 0 Å². The summed E-state index contributed by atoms with van der Waals surface area (Å²) < 4.78 is 40.8. The van der Waals surface area contributed by atoms with Gasteiger partial charge in [0.05, 0.1) is 28.3 Å². The summed E-state index contributed by atoms with van der Waals surface area (Å²) in [4.78, 5) is 20.1. The molecule has 1 aliphatic rings. The van der Waals surface area contributed by atoms with Crippen LogP contribution in [-0.2, 0) is 6.18 Å². The zero-order valence-corrected chi connectivity index (χ0v) is 15.6. The third-order valence-corrected chi connectivity index (χ3v) is 4.73. The minimum atomic E-state index is -4.61. The third kappa shape index (κ3) is 4.25. The summed E-state index contributed by atoms with van der Waals surface area (Å²) in [6.45, 7) is 6.92. The lowest BCUT2D eigenvalue weighted by Gasteiger charge is -2.14. The van der Waals surface area contributed by atoms with Gasteiger partial charge in [0.25, 0.3) is 5.91 Å². The maximum absolute atomic E-state index is 13.6. The van der Waals surface area contributed by atoms with E-state index in [1.165, 1.54) is 12.1 Å². The van der Waals surface area contributed by atoms with Gasteiger partial charge in [-0.25, -0.2) is 4.98 Å². The second-order valence-electron chi connectivity index (χ2n) is 6.46.